The molecule has 0 amide bonds. The van der Waals surface area contributed by atoms with Crippen molar-refractivity contribution in [3.63, 3.8) is 0 Å². The highest BCUT2D eigenvalue weighted by atomic mass is 127. The van der Waals surface area contributed by atoms with Crippen LogP contribution < -0.4 is 5.32 Å². The van der Waals surface area contributed by atoms with Gasteiger partial charge in [0.1, 0.15) is 0 Å². The largest absolute Gasteiger partial charge is 0.355 e. The fourth-order valence-electron chi connectivity index (χ4n) is 2.10. The van der Waals surface area contributed by atoms with E-state index in [0.29, 0.717) is 6.04 Å². The van der Waals surface area contributed by atoms with E-state index in [9.17, 15) is 0 Å². The molecule has 1 aromatic rings. The highest BCUT2D eigenvalue weighted by Gasteiger charge is 2.08. The molecule has 22 heavy (non-hydrogen) atoms. The van der Waals surface area contributed by atoms with Crippen LogP contribution in [0.5, 0.6) is 0 Å². The van der Waals surface area contributed by atoms with Gasteiger partial charge in [-0.25, -0.2) is 0 Å². The summed E-state index contributed by atoms with van der Waals surface area (Å²) in [4.78, 5) is 10.4. The Balaban J connectivity index is 0.00000441. The highest BCUT2D eigenvalue weighted by molar-refractivity contribution is 14.0. The van der Waals surface area contributed by atoms with E-state index in [1.54, 1.807) is 0 Å². The lowest BCUT2D eigenvalue weighted by molar-refractivity contribution is 0.255. The van der Waals surface area contributed by atoms with E-state index in [-0.39, 0.29) is 24.0 Å². The number of aliphatic imine (C=N–C) groups is 1. The monoisotopic (exact) mass is 438 g/mol. The molecule has 4 nitrogen and oxygen atoms in total. The van der Waals surface area contributed by atoms with E-state index in [1.807, 2.05) is 18.4 Å². The molecule has 0 spiro atoms. The first-order chi connectivity index (χ1) is 10.1. The van der Waals surface area contributed by atoms with E-state index in [1.165, 1.54) is 11.3 Å². The summed E-state index contributed by atoms with van der Waals surface area (Å²) in [6.45, 7) is 7.44. The van der Waals surface area contributed by atoms with Crippen LogP contribution in [0.3, 0.4) is 0 Å². The first-order valence-corrected chi connectivity index (χ1v) is 8.60. The Morgan fingerprint density at radius 2 is 2.09 bits per heavy atom. The van der Waals surface area contributed by atoms with E-state index in [0.717, 1.165) is 32.0 Å². The van der Waals surface area contributed by atoms with Gasteiger partial charge < -0.3 is 15.1 Å². The summed E-state index contributed by atoms with van der Waals surface area (Å²) in [5, 5.41) is 5.58. The van der Waals surface area contributed by atoms with Gasteiger partial charge in [-0.3, -0.25) is 4.99 Å². The fraction of sp³-hybridized carbons (Fsp3) is 0.688. The number of halogens is 1. The van der Waals surface area contributed by atoms with E-state index < -0.39 is 0 Å². The summed E-state index contributed by atoms with van der Waals surface area (Å²) in [7, 11) is 6.13. The minimum atomic E-state index is 0. The third-order valence-electron chi connectivity index (χ3n) is 3.94. The molecule has 1 unspecified atom stereocenters. The maximum absolute atomic E-state index is 4.37. The number of rotatable bonds is 8. The molecular weight excluding hydrogens is 407 g/mol. The fourth-order valence-corrected chi connectivity index (χ4v) is 2.80. The predicted molar refractivity (Wildman–Crippen MR) is 110 cm³/mol. The maximum atomic E-state index is 4.37. The second kappa shape index (κ2) is 12.1. The third kappa shape index (κ3) is 7.78. The molecule has 128 valence electrons. The smallest absolute Gasteiger partial charge is 0.193 e. The molecule has 0 bridgehead atoms. The molecule has 1 rings (SSSR count). The number of hydrogen-bond acceptors (Lipinski definition) is 3. The number of nitrogens with one attached hydrogen (secondary N) is 1. The van der Waals surface area contributed by atoms with Gasteiger partial charge in [0.15, 0.2) is 5.96 Å². The Morgan fingerprint density at radius 1 is 1.36 bits per heavy atom. The van der Waals surface area contributed by atoms with Gasteiger partial charge in [0.2, 0.25) is 0 Å². The normalized spacial score (nSPS) is 12.9. The van der Waals surface area contributed by atoms with Crippen LogP contribution in [0, 0.1) is 0 Å². The molecule has 1 heterocycles. The van der Waals surface area contributed by atoms with Crippen molar-refractivity contribution in [2.24, 2.45) is 4.99 Å². The van der Waals surface area contributed by atoms with E-state index in [2.05, 4.69) is 65.6 Å². The van der Waals surface area contributed by atoms with Gasteiger partial charge in [0.25, 0.3) is 0 Å². The first-order valence-electron chi connectivity index (χ1n) is 7.72. The zero-order valence-corrected chi connectivity index (χ0v) is 17.6. The van der Waals surface area contributed by atoms with Crippen molar-refractivity contribution < 1.29 is 0 Å². The van der Waals surface area contributed by atoms with Crippen molar-refractivity contribution in [1.29, 1.82) is 0 Å². The Hall–Kier alpha value is -0.340. The Bertz CT molecular complexity index is 408. The molecule has 0 fully saturated rings. The van der Waals surface area contributed by atoms with Crippen LogP contribution in [0.1, 0.15) is 25.1 Å². The number of likely N-dealkylation sites (N-methyl/N-ethyl adjacent to an activating group) is 2. The molecule has 1 N–H and O–H groups in total. The van der Waals surface area contributed by atoms with Crippen LogP contribution in [-0.4, -0.2) is 62.6 Å². The van der Waals surface area contributed by atoms with Crippen molar-refractivity contribution >= 4 is 41.3 Å². The standard InChI is InChI=1S/C16H30N4S.HI/c1-6-14(2)19(4)12-10-18-16(17-3)20(5)11-9-15-8-7-13-21-15;/h7-8,13-14H,6,9-12H2,1-5H3,(H,17,18);1H. The van der Waals surface area contributed by atoms with Crippen LogP contribution in [0.15, 0.2) is 22.5 Å². The Labute approximate surface area is 157 Å². The van der Waals surface area contributed by atoms with Crippen LogP contribution in [-0.2, 0) is 6.42 Å². The molecule has 0 aliphatic rings. The number of nitrogens with zero attached hydrogens (tertiary/aromatic N) is 3. The second-order valence-corrected chi connectivity index (χ2v) is 6.50. The zero-order valence-electron chi connectivity index (χ0n) is 14.5. The van der Waals surface area contributed by atoms with Gasteiger partial charge in [-0.2, -0.15) is 0 Å². The average Bonchev–Trinajstić information content (AvgIpc) is 3.01. The quantitative estimate of drug-likeness (QED) is 0.385. The zero-order chi connectivity index (χ0) is 15.7. The van der Waals surface area contributed by atoms with Crippen molar-refractivity contribution in [3.8, 4) is 0 Å². The number of thiophene rings is 1. The van der Waals surface area contributed by atoms with E-state index >= 15 is 0 Å². The number of guanidine groups is 1. The summed E-state index contributed by atoms with van der Waals surface area (Å²) < 4.78 is 0. The Kier molecular flexibility index (Phi) is 11.9. The highest BCUT2D eigenvalue weighted by Crippen LogP contribution is 2.09. The van der Waals surface area contributed by atoms with Crippen molar-refractivity contribution in [1.82, 2.24) is 15.1 Å². The molecule has 6 heteroatoms. The summed E-state index contributed by atoms with van der Waals surface area (Å²) in [5.74, 6) is 0.976. The van der Waals surface area contributed by atoms with Gasteiger partial charge in [0.05, 0.1) is 0 Å². The average molecular weight is 438 g/mol. The van der Waals surface area contributed by atoms with Gasteiger partial charge in [-0.15, -0.1) is 35.3 Å². The van der Waals surface area contributed by atoms with Crippen LogP contribution in [0.4, 0.5) is 0 Å². The lowest BCUT2D eigenvalue weighted by Crippen LogP contribution is -2.43. The lowest BCUT2D eigenvalue weighted by atomic mass is 10.2. The molecule has 0 aromatic carbocycles. The van der Waals surface area contributed by atoms with Gasteiger partial charge in [-0.1, -0.05) is 13.0 Å². The first kappa shape index (κ1) is 21.7. The summed E-state index contributed by atoms with van der Waals surface area (Å²) in [5.41, 5.74) is 0. The minimum absolute atomic E-state index is 0. The van der Waals surface area contributed by atoms with Crippen molar-refractivity contribution in [3.05, 3.63) is 22.4 Å². The third-order valence-corrected chi connectivity index (χ3v) is 4.87. The van der Waals surface area contributed by atoms with Gasteiger partial charge in [0, 0.05) is 44.6 Å². The summed E-state index contributed by atoms with van der Waals surface area (Å²) >= 11 is 1.82. The van der Waals surface area contributed by atoms with Gasteiger partial charge in [-0.05, 0) is 38.3 Å². The topological polar surface area (TPSA) is 30.9 Å². The molecule has 0 aliphatic heterocycles. The molecule has 1 aromatic heterocycles. The van der Waals surface area contributed by atoms with Gasteiger partial charge >= 0.3 is 0 Å². The van der Waals surface area contributed by atoms with Crippen molar-refractivity contribution in [2.45, 2.75) is 32.7 Å². The lowest BCUT2D eigenvalue weighted by Gasteiger charge is -2.26. The summed E-state index contributed by atoms with van der Waals surface area (Å²) in [6, 6.07) is 4.93. The molecule has 0 aliphatic carbocycles. The molecule has 0 saturated heterocycles. The number of hydrogen-bond donors (Lipinski definition) is 1. The van der Waals surface area contributed by atoms with Crippen LogP contribution >= 0.6 is 35.3 Å². The van der Waals surface area contributed by atoms with Crippen LogP contribution in [0.2, 0.25) is 0 Å². The summed E-state index contributed by atoms with van der Waals surface area (Å²) in [6.07, 6.45) is 2.26. The second-order valence-electron chi connectivity index (χ2n) is 5.46. The maximum Gasteiger partial charge on any atom is 0.193 e. The van der Waals surface area contributed by atoms with Crippen molar-refractivity contribution in [2.75, 3.05) is 40.8 Å². The predicted octanol–water partition coefficient (Wildman–Crippen LogP) is 3.15. The molecule has 1 atom stereocenters. The molecule has 0 saturated carbocycles. The molecule has 0 radical (unpaired) electrons. The minimum Gasteiger partial charge on any atom is -0.355 e. The van der Waals surface area contributed by atoms with E-state index in [4.69, 9.17) is 0 Å². The SMILES string of the molecule is CCC(C)N(C)CCNC(=NC)N(C)CCc1cccs1.I. The Morgan fingerprint density at radius 3 is 2.64 bits per heavy atom. The molecular formula is C16H31IN4S. The van der Waals surface area contributed by atoms with Crippen LogP contribution in [0.25, 0.3) is 0 Å².